The van der Waals surface area contributed by atoms with E-state index in [-0.39, 0.29) is 43.5 Å². The molecule has 1 saturated heterocycles. The van der Waals surface area contributed by atoms with Gasteiger partial charge in [0.15, 0.2) is 0 Å². The lowest BCUT2D eigenvalue weighted by Gasteiger charge is -2.14. The molecule has 2 heterocycles. The minimum atomic E-state index is -0.883. The first-order valence-corrected chi connectivity index (χ1v) is 11.7. The van der Waals surface area contributed by atoms with Crippen molar-refractivity contribution in [2.24, 2.45) is 5.73 Å². The number of carbonyl (C=O) groups excluding carboxylic acids is 2. The number of nitrogens with one attached hydrogen (secondary N) is 2. The van der Waals surface area contributed by atoms with Crippen molar-refractivity contribution < 1.29 is 23.1 Å². The molecule has 0 atom stereocenters. The molecule has 1 aromatic carbocycles. The van der Waals surface area contributed by atoms with E-state index < -0.39 is 30.2 Å². The van der Waals surface area contributed by atoms with Gasteiger partial charge in [-0.15, -0.1) is 17.0 Å². The Labute approximate surface area is 213 Å². The number of nitrogens with two attached hydrogens (primary N) is 1. The van der Waals surface area contributed by atoms with Crippen molar-refractivity contribution in [3.63, 3.8) is 0 Å². The second kappa shape index (κ2) is 13.2. The topological polar surface area (TPSA) is 110 Å². The van der Waals surface area contributed by atoms with E-state index in [0.717, 1.165) is 56.1 Å². The predicted octanol–water partition coefficient (Wildman–Crippen LogP) is 4.44. The zero-order valence-electron chi connectivity index (χ0n) is 17.7. The van der Waals surface area contributed by atoms with Crippen LogP contribution >= 0.6 is 44.4 Å². The second-order valence-electron chi connectivity index (χ2n) is 7.33. The number of hydrogen-bond donors (Lipinski definition) is 3. The molecule has 1 aromatic heterocycles. The van der Waals surface area contributed by atoms with Crippen molar-refractivity contribution >= 4 is 61.4 Å². The Balaban J connectivity index is 0.00000385. The number of rotatable bonds is 10. The van der Waals surface area contributed by atoms with Gasteiger partial charge in [-0.05, 0) is 69.0 Å². The Morgan fingerprint density at radius 1 is 1.21 bits per heavy atom. The average Bonchev–Trinajstić information content (AvgIpc) is 3.37. The van der Waals surface area contributed by atoms with Crippen LogP contribution in [-0.4, -0.2) is 47.4 Å². The fourth-order valence-corrected chi connectivity index (χ4v) is 4.48. The lowest BCUT2D eigenvalue weighted by Crippen LogP contribution is -2.30. The van der Waals surface area contributed by atoms with E-state index in [4.69, 9.17) is 10.5 Å². The first-order valence-electron chi connectivity index (χ1n) is 10.2. The van der Waals surface area contributed by atoms with Crippen LogP contribution in [0.3, 0.4) is 0 Å². The van der Waals surface area contributed by atoms with Gasteiger partial charge in [0.25, 0.3) is 5.91 Å². The highest BCUT2D eigenvalue weighted by atomic mass is 79.9. The molecule has 1 fully saturated rings. The van der Waals surface area contributed by atoms with Gasteiger partial charge in [-0.25, -0.2) is 13.6 Å². The minimum absolute atomic E-state index is 0. The number of urea groups is 1. The Hall–Kier alpha value is -1.83. The minimum Gasteiger partial charge on any atom is -0.471 e. The average molecular weight is 613 g/mol. The normalized spacial score (nSPS) is 13.4. The van der Waals surface area contributed by atoms with Gasteiger partial charge >= 0.3 is 6.03 Å². The fourth-order valence-electron chi connectivity index (χ4n) is 3.34. The molecule has 0 spiro atoms. The molecule has 4 N–H and O–H groups in total. The van der Waals surface area contributed by atoms with E-state index in [1.165, 1.54) is 12.8 Å². The van der Waals surface area contributed by atoms with Gasteiger partial charge in [-0.3, -0.25) is 10.1 Å². The summed E-state index contributed by atoms with van der Waals surface area (Å²) in [5.74, 6) is -2.71. The summed E-state index contributed by atoms with van der Waals surface area (Å²) in [5.41, 5.74) is 4.92. The number of ether oxygens (including phenoxy) is 1. The van der Waals surface area contributed by atoms with Crippen LogP contribution in [0.1, 0.15) is 41.6 Å². The van der Waals surface area contributed by atoms with Crippen molar-refractivity contribution in [3.8, 4) is 5.88 Å². The summed E-state index contributed by atoms with van der Waals surface area (Å²) in [4.78, 5) is 26.5. The summed E-state index contributed by atoms with van der Waals surface area (Å²) in [5, 5.41) is 5.35. The molecule has 0 unspecified atom stereocenters. The number of anilines is 1. The molecule has 0 aliphatic carbocycles. The highest BCUT2D eigenvalue weighted by Gasteiger charge is 2.23. The Morgan fingerprint density at radius 3 is 2.52 bits per heavy atom. The third-order valence-corrected chi connectivity index (χ3v) is 6.18. The summed E-state index contributed by atoms with van der Waals surface area (Å²) in [7, 11) is 0. The first-order chi connectivity index (χ1) is 15.3. The van der Waals surface area contributed by atoms with Crippen LogP contribution in [0.25, 0.3) is 0 Å². The number of unbranched alkanes of at least 4 members (excludes halogenated alkanes) is 1. The van der Waals surface area contributed by atoms with Crippen LogP contribution < -0.4 is 21.1 Å². The molecule has 182 valence electrons. The first kappa shape index (κ1) is 27.4. The van der Waals surface area contributed by atoms with Crippen LogP contribution in [0, 0.1) is 11.6 Å². The quantitative estimate of drug-likeness (QED) is 0.344. The molecular weight excluding hydrogens is 588 g/mol. The van der Waals surface area contributed by atoms with Crippen molar-refractivity contribution in [2.45, 2.75) is 32.3 Å². The molecule has 13 heteroatoms. The van der Waals surface area contributed by atoms with E-state index >= 15 is 0 Å². The van der Waals surface area contributed by atoms with Crippen LogP contribution in [0.5, 0.6) is 5.88 Å². The lowest BCUT2D eigenvalue weighted by atomic mass is 10.2. The fraction of sp³-hybridized carbons (Fsp3) is 0.450. The largest absolute Gasteiger partial charge is 0.471 e. The number of hydrogen-bond acceptors (Lipinski definition) is 6. The van der Waals surface area contributed by atoms with Gasteiger partial charge in [0.1, 0.15) is 28.8 Å². The molecule has 3 amide bonds. The Bertz CT molecular complexity index is 950. The maximum Gasteiger partial charge on any atom is 0.319 e. The van der Waals surface area contributed by atoms with Crippen molar-refractivity contribution in [2.75, 3.05) is 31.5 Å². The van der Waals surface area contributed by atoms with E-state index in [2.05, 4.69) is 35.8 Å². The van der Waals surface area contributed by atoms with Crippen LogP contribution in [0.2, 0.25) is 0 Å². The summed E-state index contributed by atoms with van der Waals surface area (Å²) < 4.78 is 37.5. The molecule has 3 rings (SSSR count). The number of amides is 3. The molecule has 2 aromatic rings. The molecule has 0 bridgehead atoms. The highest BCUT2D eigenvalue weighted by Crippen LogP contribution is 2.31. The SMILES string of the molecule is Br.NC(=O)c1c(OCc2c(F)cc(Br)cc2F)nsc1NC(=O)NCCCCN1CCCC1. The van der Waals surface area contributed by atoms with Gasteiger partial charge in [-0.2, -0.15) is 4.37 Å². The maximum atomic E-state index is 14.0. The van der Waals surface area contributed by atoms with Crippen LogP contribution in [-0.2, 0) is 6.61 Å². The molecule has 0 radical (unpaired) electrons. The number of halogens is 4. The summed E-state index contributed by atoms with van der Waals surface area (Å²) in [6.07, 6.45) is 4.30. The van der Waals surface area contributed by atoms with E-state index in [1.54, 1.807) is 0 Å². The molecular formula is C20H25Br2F2N5O3S. The molecule has 1 aliphatic rings. The maximum absolute atomic E-state index is 14.0. The van der Waals surface area contributed by atoms with E-state index in [1.807, 2.05) is 0 Å². The molecule has 1 aliphatic heterocycles. The molecule has 33 heavy (non-hydrogen) atoms. The number of nitrogens with zero attached hydrogens (tertiary/aromatic N) is 2. The molecule has 0 saturated carbocycles. The second-order valence-corrected chi connectivity index (χ2v) is 9.02. The summed E-state index contributed by atoms with van der Waals surface area (Å²) >= 11 is 3.79. The smallest absolute Gasteiger partial charge is 0.319 e. The number of aromatic nitrogens is 1. The Morgan fingerprint density at radius 2 is 1.88 bits per heavy atom. The van der Waals surface area contributed by atoms with Gasteiger partial charge in [0.2, 0.25) is 5.88 Å². The molecule has 8 nitrogen and oxygen atoms in total. The monoisotopic (exact) mass is 611 g/mol. The number of likely N-dealkylation sites (tertiary alicyclic amines) is 1. The zero-order valence-corrected chi connectivity index (χ0v) is 21.8. The third-order valence-electron chi connectivity index (χ3n) is 4.98. The summed E-state index contributed by atoms with van der Waals surface area (Å²) in [6.45, 7) is 3.28. The van der Waals surface area contributed by atoms with Gasteiger partial charge in [0.05, 0.1) is 5.56 Å². The van der Waals surface area contributed by atoms with Crippen LogP contribution in [0.15, 0.2) is 16.6 Å². The van der Waals surface area contributed by atoms with Gasteiger partial charge in [0, 0.05) is 11.0 Å². The highest BCUT2D eigenvalue weighted by molar-refractivity contribution is 9.10. The Kier molecular flexibility index (Phi) is 10.9. The van der Waals surface area contributed by atoms with Gasteiger partial charge < -0.3 is 20.7 Å². The summed E-state index contributed by atoms with van der Waals surface area (Å²) in [6, 6.07) is 1.69. The third kappa shape index (κ3) is 7.87. The number of primary amides is 1. The zero-order chi connectivity index (χ0) is 23.1. The van der Waals surface area contributed by atoms with Crippen molar-refractivity contribution in [1.29, 1.82) is 0 Å². The van der Waals surface area contributed by atoms with Crippen LogP contribution in [0.4, 0.5) is 18.6 Å². The van der Waals surface area contributed by atoms with Crippen molar-refractivity contribution in [3.05, 3.63) is 39.4 Å². The standard InChI is InChI=1S/C20H24BrF2N5O3S.BrH/c21-12-9-14(22)13(15(23)10-12)11-31-18-16(17(24)29)19(32-27-18)26-20(30)25-5-1-2-6-28-7-3-4-8-28;/h9-10H,1-8,11H2,(H2,24,29)(H2,25,26,30);1H. The lowest BCUT2D eigenvalue weighted by molar-refractivity contribution is 0.0996. The predicted molar refractivity (Wildman–Crippen MR) is 131 cm³/mol. The number of benzene rings is 1. The number of carbonyl (C=O) groups is 2. The van der Waals surface area contributed by atoms with E-state index in [0.29, 0.717) is 6.54 Å². The van der Waals surface area contributed by atoms with Crippen molar-refractivity contribution in [1.82, 2.24) is 14.6 Å². The van der Waals surface area contributed by atoms with E-state index in [9.17, 15) is 18.4 Å². The van der Waals surface area contributed by atoms with Gasteiger partial charge in [-0.1, -0.05) is 15.9 Å².